The smallest absolute Gasteiger partial charge is 0.170 e. The predicted molar refractivity (Wildman–Crippen MR) is 69.5 cm³/mol. The van der Waals surface area contributed by atoms with E-state index in [0.29, 0.717) is 22.3 Å². The Kier molecular flexibility index (Phi) is 2.80. The van der Waals surface area contributed by atoms with E-state index in [1.165, 1.54) is 12.1 Å². The van der Waals surface area contributed by atoms with Gasteiger partial charge in [0.1, 0.15) is 11.6 Å². The highest BCUT2D eigenvalue weighted by molar-refractivity contribution is 5.83. The monoisotopic (exact) mass is 259 g/mol. The topological polar surface area (TPSA) is 39.2 Å². The van der Waals surface area contributed by atoms with Crippen molar-refractivity contribution in [3.8, 4) is 11.3 Å². The number of hydrogen-bond donors (Lipinski definition) is 1. The fraction of sp³-hybridized carbons (Fsp3) is 0.0667. The molecular formula is C15H11F2NO. The number of halogens is 2. The van der Waals surface area contributed by atoms with Crippen LogP contribution < -0.4 is 5.73 Å². The third-order valence-corrected chi connectivity index (χ3v) is 3.03. The molecule has 0 aliphatic rings. The molecule has 3 rings (SSSR count). The molecule has 0 unspecified atom stereocenters. The number of fused-ring (bicyclic) bond motifs is 1. The maximum atomic E-state index is 13.9. The largest absolute Gasteiger partial charge is 0.453 e. The van der Waals surface area contributed by atoms with E-state index < -0.39 is 11.6 Å². The molecule has 0 radical (unpaired) electrons. The van der Waals surface area contributed by atoms with Gasteiger partial charge in [0.25, 0.3) is 0 Å². The maximum absolute atomic E-state index is 13.9. The van der Waals surface area contributed by atoms with Crippen molar-refractivity contribution in [2.75, 3.05) is 0 Å². The fourth-order valence-electron chi connectivity index (χ4n) is 2.05. The van der Waals surface area contributed by atoms with Crippen LogP contribution in [0.4, 0.5) is 8.78 Å². The van der Waals surface area contributed by atoms with Crippen LogP contribution in [0, 0.1) is 11.6 Å². The van der Waals surface area contributed by atoms with Crippen LogP contribution in [0.3, 0.4) is 0 Å². The van der Waals surface area contributed by atoms with Gasteiger partial charge in [0.15, 0.2) is 11.4 Å². The van der Waals surface area contributed by atoms with E-state index in [-0.39, 0.29) is 12.1 Å². The number of nitrogens with two attached hydrogens (primary N) is 1. The quantitative estimate of drug-likeness (QED) is 0.759. The molecule has 1 heterocycles. The lowest BCUT2D eigenvalue weighted by molar-refractivity contribution is 0.562. The molecule has 96 valence electrons. The van der Waals surface area contributed by atoms with Crippen molar-refractivity contribution in [1.82, 2.24) is 0 Å². The molecule has 19 heavy (non-hydrogen) atoms. The molecular weight excluding hydrogens is 248 g/mol. The first-order valence-electron chi connectivity index (χ1n) is 5.86. The van der Waals surface area contributed by atoms with Crippen LogP contribution in [-0.2, 0) is 6.54 Å². The van der Waals surface area contributed by atoms with Gasteiger partial charge in [-0.2, -0.15) is 0 Å². The van der Waals surface area contributed by atoms with Crippen molar-refractivity contribution in [3.05, 3.63) is 59.7 Å². The van der Waals surface area contributed by atoms with Gasteiger partial charge in [-0.1, -0.05) is 18.2 Å². The van der Waals surface area contributed by atoms with E-state index in [9.17, 15) is 8.78 Å². The molecule has 1 aromatic heterocycles. The highest BCUT2D eigenvalue weighted by atomic mass is 19.1. The lowest BCUT2D eigenvalue weighted by Gasteiger charge is -2.01. The second-order valence-corrected chi connectivity index (χ2v) is 4.29. The SMILES string of the molecule is NCc1ccc(-c2cc3cccc(F)c3o2)c(F)c1. The third-order valence-electron chi connectivity index (χ3n) is 3.03. The van der Waals surface area contributed by atoms with Gasteiger partial charge in [-0.3, -0.25) is 0 Å². The molecule has 0 aliphatic carbocycles. The predicted octanol–water partition coefficient (Wildman–Crippen LogP) is 3.84. The average Bonchev–Trinajstić information content (AvgIpc) is 2.83. The van der Waals surface area contributed by atoms with Crippen molar-refractivity contribution in [2.24, 2.45) is 5.73 Å². The Labute approximate surface area is 108 Å². The second kappa shape index (κ2) is 4.48. The summed E-state index contributed by atoms with van der Waals surface area (Å²) < 4.78 is 32.9. The second-order valence-electron chi connectivity index (χ2n) is 4.29. The highest BCUT2D eigenvalue weighted by Gasteiger charge is 2.13. The molecule has 4 heteroatoms. The van der Waals surface area contributed by atoms with E-state index >= 15 is 0 Å². The Hall–Kier alpha value is -2.20. The van der Waals surface area contributed by atoms with Crippen molar-refractivity contribution < 1.29 is 13.2 Å². The Morgan fingerprint density at radius 1 is 1.00 bits per heavy atom. The summed E-state index contributed by atoms with van der Waals surface area (Å²) >= 11 is 0. The normalized spacial score (nSPS) is 11.1. The van der Waals surface area contributed by atoms with Gasteiger partial charge in [0.05, 0.1) is 5.56 Å². The van der Waals surface area contributed by atoms with Crippen LogP contribution in [0.15, 0.2) is 46.9 Å². The molecule has 0 amide bonds. The molecule has 3 aromatic rings. The summed E-state index contributed by atoms with van der Waals surface area (Å²) in [4.78, 5) is 0. The standard InChI is InChI=1S/C15H11F2NO/c16-12-3-1-2-10-7-14(19-15(10)12)11-5-4-9(8-18)6-13(11)17/h1-7H,8,18H2. The van der Waals surface area contributed by atoms with Crippen molar-refractivity contribution in [1.29, 1.82) is 0 Å². The zero-order valence-corrected chi connectivity index (χ0v) is 9.99. The van der Waals surface area contributed by atoms with E-state index in [1.54, 1.807) is 30.3 Å². The summed E-state index contributed by atoms with van der Waals surface area (Å²) in [6, 6.07) is 10.9. The maximum Gasteiger partial charge on any atom is 0.170 e. The molecule has 0 spiro atoms. The van der Waals surface area contributed by atoms with Gasteiger partial charge in [-0.25, -0.2) is 8.78 Å². The van der Waals surface area contributed by atoms with Crippen molar-refractivity contribution in [3.63, 3.8) is 0 Å². The zero-order chi connectivity index (χ0) is 13.4. The van der Waals surface area contributed by atoms with E-state index in [0.717, 1.165) is 0 Å². The van der Waals surface area contributed by atoms with Gasteiger partial charge in [-0.05, 0) is 29.8 Å². The van der Waals surface area contributed by atoms with Crippen LogP contribution >= 0.6 is 0 Å². The van der Waals surface area contributed by atoms with E-state index in [2.05, 4.69) is 0 Å². The average molecular weight is 259 g/mol. The minimum Gasteiger partial charge on any atom is -0.453 e. The highest BCUT2D eigenvalue weighted by Crippen LogP contribution is 2.31. The third kappa shape index (κ3) is 2.00. The zero-order valence-electron chi connectivity index (χ0n) is 9.99. The first-order valence-corrected chi connectivity index (χ1v) is 5.86. The number of furan rings is 1. The summed E-state index contributed by atoms with van der Waals surface area (Å²) in [6.45, 7) is 0.270. The summed E-state index contributed by atoms with van der Waals surface area (Å²) in [6.07, 6.45) is 0. The lowest BCUT2D eigenvalue weighted by atomic mass is 10.1. The minimum absolute atomic E-state index is 0.139. The number of hydrogen-bond acceptors (Lipinski definition) is 2. The summed E-state index contributed by atoms with van der Waals surface area (Å²) in [5, 5.41) is 0.609. The first-order chi connectivity index (χ1) is 9.19. The van der Waals surface area contributed by atoms with Crippen LogP contribution in [0.25, 0.3) is 22.3 Å². The number of para-hydroxylation sites is 1. The Morgan fingerprint density at radius 2 is 1.84 bits per heavy atom. The molecule has 2 N–H and O–H groups in total. The van der Waals surface area contributed by atoms with Crippen LogP contribution in [0.2, 0.25) is 0 Å². The molecule has 0 saturated heterocycles. The summed E-state index contributed by atoms with van der Waals surface area (Å²) in [7, 11) is 0. The number of benzene rings is 2. The number of rotatable bonds is 2. The molecule has 0 bridgehead atoms. The summed E-state index contributed by atoms with van der Waals surface area (Å²) in [5.41, 5.74) is 6.58. The van der Waals surface area contributed by atoms with Crippen molar-refractivity contribution in [2.45, 2.75) is 6.54 Å². The summed E-state index contributed by atoms with van der Waals surface area (Å²) in [5.74, 6) is -0.577. The van der Waals surface area contributed by atoms with Crippen LogP contribution in [-0.4, -0.2) is 0 Å². The van der Waals surface area contributed by atoms with Gasteiger partial charge < -0.3 is 10.2 Å². The van der Waals surface area contributed by atoms with Crippen LogP contribution in [0.5, 0.6) is 0 Å². The van der Waals surface area contributed by atoms with Gasteiger partial charge in [0, 0.05) is 11.9 Å². The molecule has 2 nitrogen and oxygen atoms in total. The van der Waals surface area contributed by atoms with Gasteiger partial charge in [0.2, 0.25) is 0 Å². The van der Waals surface area contributed by atoms with E-state index in [4.69, 9.17) is 10.2 Å². The molecule has 0 fully saturated rings. The lowest BCUT2D eigenvalue weighted by Crippen LogP contribution is -1.97. The molecule has 0 atom stereocenters. The van der Waals surface area contributed by atoms with Crippen LogP contribution in [0.1, 0.15) is 5.56 Å². The van der Waals surface area contributed by atoms with Crippen molar-refractivity contribution >= 4 is 11.0 Å². The Balaban J connectivity index is 2.16. The molecule has 0 saturated carbocycles. The fourth-order valence-corrected chi connectivity index (χ4v) is 2.05. The minimum atomic E-state index is -0.456. The first kappa shape index (κ1) is 11.9. The Morgan fingerprint density at radius 3 is 2.53 bits per heavy atom. The molecule has 2 aromatic carbocycles. The molecule has 0 aliphatic heterocycles. The van der Waals surface area contributed by atoms with Gasteiger partial charge in [-0.15, -0.1) is 0 Å². The van der Waals surface area contributed by atoms with Gasteiger partial charge >= 0.3 is 0 Å². The van der Waals surface area contributed by atoms with E-state index in [1.807, 2.05) is 0 Å². The Bertz CT molecular complexity index is 749.